The Bertz CT molecular complexity index is 1250. The first kappa shape index (κ1) is 21.9. The van der Waals surface area contributed by atoms with Crippen LogP contribution in [0.2, 0.25) is 0 Å². The van der Waals surface area contributed by atoms with Crippen LogP contribution in [0.4, 0.5) is 0 Å². The second-order valence-electron chi connectivity index (χ2n) is 7.49. The smallest absolute Gasteiger partial charge is 0.347 e. The lowest BCUT2D eigenvalue weighted by molar-refractivity contribution is -0.244. The molecule has 5 atom stereocenters. The van der Waals surface area contributed by atoms with E-state index in [1.807, 2.05) is 0 Å². The summed E-state index contributed by atoms with van der Waals surface area (Å²) >= 11 is 0. The van der Waals surface area contributed by atoms with Crippen molar-refractivity contribution in [3.8, 4) is 17.2 Å². The van der Waals surface area contributed by atoms with Crippen LogP contribution in [0.15, 0.2) is 25.8 Å². The number of aromatic hydroxyl groups is 2. The minimum atomic E-state index is -1.60. The summed E-state index contributed by atoms with van der Waals surface area (Å²) in [5.41, 5.74) is -0.770. The second kappa shape index (κ2) is 7.98. The fourth-order valence-electron chi connectivity index (χ4n) is 3.72. The summed E-state index contributed by atoms with van der Waals surface area (Å²) in [6.07, 6.45) is -5.96. The first-order chi connectivity index (χ1) is 15.1. The maximum Gasteiger partial charge on any atom is 0.347 e. The molecule has 0 spiro atoms. The van der Waals surface area contributed by atoms with Gasteiger partial charge in [-0.3, -0.25) is 4.79 Å². The van der Waals surface area contributed by atoms with E-state index >= 15 is 0 Å². The van der Waals surface area contributed by atoms with E-state index < -0.39 is 66.0 Å². The van der Waals surface area contributed by atoms with Crippen LogP contribution in [0.3, 0.4) is 0 Å². The summed E-state index contributed by atoms with van der Waals surface area (Å²) in [6.45, 7) is 2.02. The van der Waals surface area contributed by atoms with E-state index in [2.05, 4.69) is 5.32 Å². The Morgan fingerprint density at radius 2 is 1.91 bits per heavy atom. The minimum absolute atomic E-state index is 0.00239. The number of fused-ring (bicyclic) bond motifs is 3. The van der Waals surface area contributed by atoms with Gasteiger partial charge in [-0.15, -0.1) is 0 Å². The predicted octanol–water partition coefficient (Wildman–Crippen LogP) is -0.419. The third kappa shape index (κ3) is 3.52. The van der Waals surface area contributed by atoms with Crippen LogP contribution in [0.5, 0.6) is 17.2 Å². The van der Waals surface area contributed by atoms with Gasteiger partial charge in [0.25, 0.3) is 0 Å². The van der Waals surface area contributed by atoms with Crippen molar-refractivity contribution in [1.29, 1.82) is 0 Å². The Morgan fingerprint density at radius 1 is 1.19 bits per heavy atom. The molecule has 3 heterocycles. The molecule has 0 aliphatic carbocycles. The normalized spacial score (nSPS) is 25.8. The van der Waals surface area contributed by atoms with E-state index in [9.17, 15) is 35.1 Å². The Kier molecular flexibility index (Phi) is 5.46. The molecule has 0 radical (unpaired) electrons. The SMILES string of the molecule is CC(=O)N[C@H]1C(Oc2c(O)c(O)cc3c2oc2cc(C)oc(=O)c23)O[C@H](CO)[C@@H](O)[C@@H]1O. The highest BCUT2D eigenvalue weighted by molar-refractivity contribution is 6.07. The van der Waals surface area contributed by atoms with Crippen molar-refractivity contribution in [3.63, 3.8) is 0 Å². The van der Waals surface area contributed by atoms with Crippen molar-refractivity contribution in [2.24, 2.45) is 0 Å². The first-order valence-corrected chi connectivity index (χ1v) is 9.60. The van der Waals surface area contributed by atoms with E-state index in [1.54, 1.807) is 0 Å². The average molecular weight is 451 g/mol. The van der Waals surface area contributed by atoms with Crippen LogP contribution in [0.1, 0.15) is 12.7 Å². The minimum Gasteiger partial charge on any atom is -0.504 e. The zero-order chi connectivity index (χ0) is 23.3. The number of amides is 1. The molecule has 6 N–H and O–H groups in total. The number of aryl methyl sites for hydroxylation is 1. The molecule has 1 fully saturated rings. The summed E-state index contributed by atoms with van der Waals surface area (Å²) < 4.78 is 21.9. The van der Waals surface area contributed by atoms with Crippen molar-refractivity contribution in [1.82, 2.24) is 5.32 Å². The number of phenolic OH excluding ortho intramolecular Hbond substituents is 2. The number of benzene rings is 1. The number of ether oxygens (including phenoxy) is 2. The molecule has 2 aromatic heterocycles. The molecule has 3 aromatic rings. The molecule has 1 aromatic carbocycles. The van der Waals surface area contributed by atoms with Crippen LogP contribution in [0.25, 0.3) is 21.9 Å². The largest absolute Gasteiger partial charge is 0.504 e. The number of carbonyl (C=O) groups is 1. The van der Waals surface area contributed by atoms with E-state index in [-0.39, 0.29) is 27.7 Å². The zero-order valence-corrected chi connectivity index (χ0v) is 16.9. The van der Waals surface area contributed by atoms with Crippen molar-refractivity contribution < 1.29 is 48.6 Å². The van der Waals surface area contributed by atoms with Crippen LogP contribution < -0.4 is 15.7 Å². The fourth-order valence-corrected chi connectivity index (χ4v) is 3.72. The lowest BCUT2D eigenvalue weighted by Crippen LogP contribution is -2.65. The quantitative estimate of drug-likeness (QED) is 0.282. The molecule has 4 rings (SSSR count). The maximum absolute atomic E-state index is 12.3. The Labute approximate surface area is 179 Å². The zero-order valence-electron chi connectivity index (χ0n) is 16.9. The summed E-state index contributed by atoms with van der Waals surface area (Å²) in [5, 5.41) is 53.1. The van der Waals surface area contributed by atoms with Crippen molar-refractivity contribution in [3.05, 3.63) is 28.3 Å². The second-order valence-corrected chi connectivity index (χ2v) is 7.49. The Morgan fingerprint density at radius 3 is 2.56 bits per heavy atom. The van der Waals surface area contributed by atoms with Gasteiger partial charge < -0.3 is 49.2 Å². The number of furan rings is 1. The number of phenols is 2. The highest BCUT2D eigenvalue weighted by Gasteiger charge is 2.46. The van der Waals surface area contributed by atoms with Gasteiger partial charge in [-0.1, -0.05) is 0 Å². The molecule has 1 unspecified atom stereocenters. The van der Waals surface area contributed by atoms with E-state index in [0.717, 1.165) is 6.07 Å². The molecule has 12 nitrogen and oxygen atoms in total. The van der Waals surface area contributed by atoms with Crippen LogP contribution in [0, 0.1) is 6.92 Å². The van der Waals surface area contributed by atoms with E-state index in [4.69, 9.17) is 18.3 Å². The molecule has 1 aliphatic rings. The topological polar surface area (TPSA) is 192 Å². The predicted molar refractivity (Wildman–Crippen MR) is 106 cm³/mol. The molecular formula is C20H21NO11. The Balaban J connectivity index is 1.86. The molecule has 1 aliphatic heterocycles. The molecular weight excluding hydrogens is 430 g/mol. The van der Waals surface area contributed by atoms with E-state index in [1.165, 1.54) is 19.9 Å². The highest BCUT2D eigenvalue weighted by atomic mass is 16.7. The summed E-state index contributed by atoms with van der Waals surface area (Å²) in [4.78, 5) is 24.0. The number of hydrogen-bond acceptors (Lipinski definition) is 11. The first-order valence-electron chi connectivity index (χ1n) is 9.60. The van der Waals surface area contributed by atoms with Gasteiger partial charge in [-0.2, -0.15) is 0 Å². The number of rotatable bonds is 4. The van der Waals surface area contributed by atoms with Gasteiger partial charge in [-0.25, -0.2) is 4.79 Å². The summed E-state index contributed by atoms with van der Waals surface area (Å²) in [6, 6.07) is 1.21. The maximum atomic E-state index is 12.3. The van der Waals surface area contributed by atoms with Crippen molar-refractivity contribution in [2.45, 2.75) is 44.5 Å². The van der Waals surface area contributed by atoms with E-state index in [0.29, 0.717) is 0 Å². The van der Waals surface area contributed by atoms with Gasteiger partial charge in [0.15, 0.2) is 11.3 Å². The lowest BCUT2D eigenvalue weighted by Gasteiger charge is -2.42. The molecule has 1 saturated heterocycles. The number of aliphatic hydroxyl groups excluding tert-OH is 3. The summed E-state index contributed by atoms with van der Waals surface area (Å²) in [7, 11) is 0. The number of carbonyl (C=O) groups excluding carboxylic acids is 1. The third-order valence-corrected chi connectivity index (χ3v) is 5.19. The monoisotopic (exact) mass is 451 g/mol. The molecule has 32 heavy (non-hydrogen) atoms. The van der Waals surface area contributed by atoms with Crippen molar-refractivity contribution in [2.75, 3.05) is 6.61 Å². The van der Waals surface area contributed by atoms with Gasteiger partial charge in [-0.05, 0) is 13.0 Å². The summed E-state index contributed by atoms with van der Waals surface area (Å²) in [5.74, 6) is -2.18. The molecule has 0 saturated carbocycles. The van der Waals surface area contributed by atoms with Gasteiger partial charge in [0.05, 0.1) is 6.61 Å². The number of hydrogen-bond donors (Lipinski definition) is 6. The molecule has 1 amide bonds. The molecule has 12 heteroatoms. The highest BCUT2D eigenvalue weighted by Crippen LogP contribution is 2.46. The fraction of sp³-hybridized carbons (Fsp3) is 0.400. The molecule has 0 bridgehead atoms. The average Bonchev–Trinajstić information content (AvgIpc) is 3.08. The van der Waals surface area contributed by atoms with Gasteiger partial charge in [0, 0.05) is 18.4 Å². The number of nitrogens with one attached hydrogen (secondary N) is 1. The van der Waals surface area contributed by atoms with Crippen LogP contribution in [-0.2, 0) is 9.53 Å². The van der Waals surface area contributed by atoms with Gasteiger partial charge >= 0.3 is 5.63 Å². The van der Waals surface area contributed by atoms with Crippen LogP contribution >= 0.6 is 0 Å². The van der Waals surface area contributed by atoms with Gasteiger partial charge in [0.1, 0.15) is 41.1 Å². The number of aliphatic hydroxyl groups is 3. The van der Waals surface area contributed by atoms with Gasteiger partial charge in [0.2, 0.25) is 23.7 Å². The van der Waals surface area contributed by atoms with Crippen molar-refractivity contribution >= 4 is 27.8 Å². The standard InChI is InChI=1S/C20H21NO11/c1-6-3-10-12(19(28)29-6)8-4-9(24)14(25)18(17(8)30-10)32-20-13(21-7(2)23)16(27)15(26)11(5-22)31-20/h3-4,11,13,15-16,20,22,24-27H,5H2,1-2H3,(H,21,23)/t11-,13-,15-,16-,20?/m1/s1. The third-order valence-electron chi connectivity index (χ3n) is 5.19. The Hall–Kier alpha value is -3.32. The van der Waals surface area contributed by atoms with Crippen LogP contribution in [-0.4, -0.2) is 68.7 Å². The molecule has 172 valence electrons. The lowest BCUT2D eigenvalue weighted by atomic mass is 9.97.